The van der Waals surface area contributed by atoms with Crippen LogP contribution in [0.5, 0.6) is 0 Å². The first kappa shape index (κ1) is 12.1. The maximum Gasteiger partial charge on any atom is 0.151 e. The fourth-order valence-corrected chi connectivity index (χ4v) is 2.77. The lowest BCUT2D eigenvalue weighted by molar-refractivity contribution is 0.242. The molecule has 2 rings (SSSR count). The highest BCUT2D eigenvalue weighted by Crippen LogP contribution is 2.16. The average molecular weight is 258 g/mol. The largest absolute Gasteiger partial charge is 0.303 e. The molecule has 0 spiro atoms. The van der Waals surface area contributed by atoms with E-state index in [1.807, 2.05) is 6.07 Å². The summed E-state index contributed by atoms with van der Waals surface area (Å²) in [5.74, 6) is 1.08. The molecular weight excluding hydrogens is 242 g/mol. The van der Waals surface area contributed by atoms with Crippen molar-refractivity contribution in [3.63, 3.8) is 0 Å². The lowest BCUT2D eigenvalue weighted by Gasteiger charge is -2.25. The molecule has 3 nitrogen and oxygen atoms in total. The Morgan fingerprint density at radius 2 is 2.00 bits per heavy atom. The van der Waals surface area contributed by atoms with E-state index in [4.69, 9.17) is 11.6 Å². The molecule has 1 saturated heterocycles. The lowest BCUT2D eigenvalue weighted by Crippen LogP contribution is -2.31. The molecule has 0 amide bonds. The van der Waals surface area contributed by atoms with E-state index in [2.05, 4.69) is 15.1 Å². The van der Waals surface area contributed by atoms with Gasteiger partial charge in [0.2, 0.25) is 0 Å². The predicted molar refractivity (Wildman–Crippen MR) is 68.1 cm³/mol. The molecule has 1 aliphatic heterocycles. The minimum absolute atomic E-state index is 0.459. The van der Waals surface area contributed by atoms with Gasteiger partial charge >= 0.3 is 0 Å². The smallest absolute Gasteiger partial charge is 0.151 e. The molecule has 1 fully saturated rings. The van der Waals surface area contributed by atoms with Gasteiger partial charge in [-0.2, -0.15) is 0 Å². The van der Waals surface area contributed by atoms with Crippen molar-refractivity contribution in [2.24, 2.45) is 0 Å². The van der Waals surface area contributed by atoms with Gasteiger partial charge in [-0.1, -0.05) is 18.0 Å². The SMILES string of the molecule is Clc1ccc(SCCN2CCCCC2)nn1. The van der Waals surface area contributed by atoms with Crippen molar-refractivity contribution in [2.45, 2.75) is 24.3 Å². The van der Waals surface area contributed by atoms with E-state index in [0.29, 0.717) is 5.15 Å². The minimum Gasteiger partial charge on any atom is -0.303 e. The van der Waals surface area contributed by atoms with E-state index in [-0.39, 0.29) is 0 Å². The molecule has 1 aromatic heterocycles. The molecule has 0 atom stereocenters. The highest BCUT2D eigenvalue weighted by molar-refractivity contribution is 7.99. The van der Waals surface area contributed by atoms with Gasteiger partial charge in [0.05, 0.1) is 0 Å². The van der Waals surface area contributed by atoms with Gasteiger partial charge in [-0.15, -0.1) is 22.0 Å². The molecule has 88 valence electrons. The first-order valence-electron chi connectivity index (χ1n) is 5.69. The summed E-state index contributed by atoms with van der Waals surface area (Å²) in [5, 5.41) is 9.27. The van der Waals surface area contributed by atoms with E-state index >= 15 is 0 Å². The van der Waals surface area contributed by atoms with Gasteiger partial charge in [0.1, 0.15) is 5.03 Å². The lowest BCUT2D eigenvalue weighted by atomic mass is 10.1. The Morgan fingerprint density at radius 1 is 1.19 bits per heavy atom. The van der Waals surface area contributed by atoms with Crippen molar-refractivity contribution in [2.75, 3.05) is 25.4 Å². The standard InChI is InChI=1S/C11H16ClN3S/c12-10-4-5-11(14-13-10)16-9-8-15-6-2-1-3-7-15/h4-5H,1-3,6-9H2. The number of thioether (sulfide) groups is 1. The van der Waals surface area contributed by atoms with E-state index in [1.165, 1.54) is 32.4 Å². The Hall–Kier alpha value is -0.320. The Labute approximate surface area is 106 Å². The van der Waals surface area contributed by atoms with Gasteiger partial charge in [-0.05, 0) is 38.1 Å². The molecule has 0 aromatic carbocycles. The molecule has 2 heterocycles. The first-order valence-corrected chi connectivity index (χ1v) is 7.05. The molecule has 0 N–H and O–H groups in total. The first-order chi connectivity index (χ1) is 7.84. The van der Waals surface area contributed by atoms with Crippen LogP contribution in [0.1, 0.15) is 19.3 Å². The van der Waals surface area contributed by atoms with Crippen molar-refractivity contribution in [1.29, 1.82) is 0 Å². The molecule has 0 saturated carbocycles. The summed E-state index contributed by atoms with van der Waals surface area (Å²) in [4.78, 5) is 2.53. The molecule has 0 bridgehead atoms. The minimum atomic E-state index is 0.459. The third-order valence-electron chi connectivity index (χ3n) is 2.71. The monoisotopic (exact) mass is 257 g/mol. The van der Waals surface area contributed by atoms with Crippen LogP contribution < -0.4 is 0 Å². The summed E-state index contributed by atoms with van der Waals surface area (Å²) in [7, 11) is 0. The summed E-state index contributed by atoms with van der Waals surface area (Å²) in [5.41, 5.74) is 0. The summed E-state index contributed by atoms with van der Waals surface area (Å²) < 4.78 is 0. The molecule has 0 radical (unpaired) electrons. The van der Waals surface area contributed by atoms with Crippen LogP contribution in [0.2, 0.25) is 5.15 Å². The van der Waals surface area contributed by atoms with Crippen LogP contribution in [0.25, 0.3) is 0 Å². The molecular formula is C11H16ClN3S. The zero-order chi connectivity index (χ0) is 11.2. The Kier molecular flexibility index (Phi) is 4.88. The zero-order valence-electron chi connectivity index (χ0n) is 9.23. The van der Waals surface area contributed by atoms with Crippen molar-refractivity contribution < 1.29 is 0 Å². The number of piperidine rings is 1. The van der Waals surface area contributed by atoms with E-state index in [1.54, 1.807) is 17.8 Å². The molecule has 1 aliphatic rings. The molecule has 1 aromatic rings. The van der Waals surface area contributed by atoms with Crippen LogP contribution in [0.3, 0.4) is 0 Å². The average Bonchev–Trinajstić information content (AvgIpc) is 2.33. The van der Waals surface area contributed by atoms with Crippen molar-refractivity contribution >= 4 is 23.4 Å². The van der Waals surface area contributed by atoms with E-state index < -0.39 is 0 Å². The van der Waals surface area contributed by atoms with Gasteiger partial charge in [-0.3, -0.25) is 0 Å². The van der Waals surface area contributed by atoms with Crippen LogP contribution in [0.4, 0.5) is 0 Å². The number of aromatic nitrogens is 2. The third kappa shape index (κ3) is 3.92. The maximum atomic E-state index is 5.68. The number of rotatable bonds is 4. The summed E-state index contributed by atoms with van der Waals surface area (Å²) in [6, 6.07) is 3.72. The predicted octanol–water partition coefficient (Wildman–Crippen LogP) is 2.71. The summed E-state index contributed by atoms with van der Waals surface area (Å²) in [6.45, 7) is 3.66. The van der Waals surface area contributed by atoms with Gasteiger partial charge in [0.15, 0.2) is 5.15 Å². The zero-order valence-corrected chi connectivity index (χ0v) is 10.8. The summed E-state index contributed by atoms with van der Waals surface area (Å²) >= 11 is 7.43. The molecule has 0 unspecified atom stereocenters. The van der Waals surface area contributed by atoms with Gasteiger partial charge in [0, 0.05) is 12.3 Å². The van der Waals surface area contributed by atoms with Crippen LogP contribution in [-0.2, 0) is 0 Å². The van der Waals surface area contributed by atoms with Crippen molar-refractivity contribution in [3.8, 4) is 0 Å². The second-order valence-electron chi connectivity index (χ2n) is 3.95. The van der Waals surface area contributed by atoms with Gasteiger partial charge in [0.25, 0.3) is 0 Å². The third-order valence-corrected chi connectivity index (χ3v) is 3.82. The Morgan fingerprint density at radius 3 is 2.69 bits per heavy atom. The van der Waals surface area contributed by atoms with Gasteiger partial charge < -0.3 is 4.90 Å². The second kappa shape index (κ2) is 6.42. The van der Waals surface area contributed by atoms with E-state index in [9.17, 15) is 0 Å². The number of nitrogens with zero attached hydrogens (tertiary/aromatic N) is 3. The molecule has 5 heteroatoms. The van der Waals surface area contributed by atoms with Gasteiger partial charge in [-0.25, -0.2) is 0 Å². The molecule has 0 aliphatic carbocycles. The highest BCUT2D eigenvalue weighted by Gasteiger charge is 2.09. The fraction of sp³-hybridized carbons (Fsp3) is 0.636. The normalized spacial score (nSPS) is 17.6. The number of hydrogen-bond donors (Lipinski definition) is 0. The van der Waals surface area contributed by atoms with Crippen LogP contribution in [-0.4, -0.2) is 40.5 Å². The molecule has 16 heavy (non-hydrogen) atoms. The number of hydrogen-bond acceptors (Lipinski definition) is 4. The highest BCUT2D eigenvalue weighted by atomic mass is 35.5. The summed E-state index contributed by atoms with van der Waals surface area (Å²) in [6.07, 6.45) is 4.10. The number of likely N-dealkylation sites (tertiary alicyclic amines) is 1. The topological polar surface area (TPSA) is 29.0 Å². The fourth-order valence-electron chi connectivity index (χ4n) is 1.84. The van der Waals surface area contributed by atoms with Crippen molar-refractivity contribution in [3.05, 3.63) is 17.3 Å². The number of halogens is 1. The Bertz CT molecular complexity index is 312. The van der Waals surface area contributed by atoms with Crippen LogP contribution in [0, 0.1) is 0 Å². The second-order valence-corrected chi connectivity index (χ2v) is 5.45. The van der Waals surface area contributed by atoms with Crippen molar-refractivity contribution in [1.82, 2.24) is 15.1 Å². The van der Waals surface area contributed by atoms with Crippen LogP contribution >= 0.6 is 23.4 Å². The Balaban J connectivity index is 1.69. The maximum absolute atomic E-state index is 5.68. The van der Waals surface area contributed by atoms with Crippen LogP contribution in [0.15, 0.2) is 17.2 Å². The van der Waals surface area contributed by atoms with E-state index in [0.717, 1.165) is 17.3 Å². The quantitative estimate of drug-likeness (QED) is 0.776.